The third-order valence-electron chi connectivity index (χ3n) is 5.77. The molecule has 0 radical (unpaired) electrons. The first-order valence-electron chi connectivity index (χ1n) is 10.2. The van der Waals surface area contributed by atoms with Crippen LogP contribution in [-0.2, 0) is 26.2 Å². The Kier molecular flexibility index (Phi) is 6.35. The molecule has 6 nitrogen and oxygen atoms in total. The summed E-state index contributed by atoms with van der Waals surface area (Å²) in [6.45, 7) is 1.48. The molecule has 3 aromatic rings. The number of benzene rings is 3. The van der Waals surface area contributed by atoms with Crippen LogP contribution in [-0.4, -0.2) is 34.6 Å². The fourth-order valence-electron chi connectivity index (χ4n) is 3.91. The van der Waals surface area contributed by atoms with E-state index in [4.69, 9.17) is 19.2 Å². The van der Waals surface area contributed by atoms with Gasteiger partial charge in [-0.25, -0.2) is 4.89 Å². The van der Waals surface area contributed by atoms with Crippen LogP contribution in [0.15, 0.2) is 83.8 Å². The third-order valence-corrected chi connectivity index (χ3v) is 7.63. The van der Waals surface area contributed by atoms with Gasteiger partial charge < -0.3 is 14.6 Å². The van der Waals surface area contributed by atoms with Gasteiger partial charge in [-0.3, -0.25) is 4.21 Å². The van der Waals surface area contributed by atoms with Crippen molar-refractivity contribution >= 4 is 10.8 Å². The number of aliphatic hydroxyl groups is 1. The molecule has 1 N–H and O–H groups in total. The highest BCUT2D eigenvalue weighted by Crippen LogP contribution is 2.47. The van der Waals surface area contributed by atoms with Gasteiger partial charge in [0.15, 0.2) is 5.60 Å². The predicted molar refractivity (Wildman–Crippen MR) is 121 cm³/mol. The van der Waals surface area contributed by atoms with Crippen molar-refractivity contribution in [2.45, 2.75) is 34.9 Å². The van der Waals surface area contributed by atoms with Crippen LogP contribution in [0.1, 0.15) is 24.5 Å². The number of ether oxygens (including phenoxy) is 2. The first-order valence-corrected chi connectivity index (χ1v) is 11.4. The Balaban J connectivity index is 1.82. The Bertz CT molecular complexity index is 1020. The van der Waals surface area contributed by atoms with Crippen molar-refractivity contribution in [3.05, 3.63) is 90.0 Å². The molecule has 1 fully saturated rings. The standard InChI is InChI=1S/C25H26O6S/c1-24(26)23(32(27)22-7-5-4-6-8-22)17-25(31-30-24,18-9-13-20(28-2)14-10-18)19-11-15-21(29-3)16-12-19/h4-16,23,26H,17H2,1-3H3/t23-,24+,32?/m0/s1. The smallest absolute Gasteiger partial charge is 0.211 e. The zero-order valence-corrected chi connectivity index (χ0v) is 19.0. The maximum Gasteiger partial charge on any atom is 0.211 e. The van der Waals surface area contributed by atoms with Gasteiger partial charge in [0.2, 0.25) is 5.79 Å². The predicted octanol–water partition coefficient (Wildman–Crippen LogP) is 4.18. The number of hydrogen-bond acceptors (Lipinski definition) is 6. The zero-order chi connectivity index (χ0) is 22.8. The van der Waals surface area contributed by atoms with E-state index >= 15 is 0 Å². The van der Waals surface area contributed by atoms with Gasteiger partial charge in [-0.1, -0.05) is 42.5 Å². The summed E-state index contributed by atoms with van der Waals surface area (Å²) < 4.78 is 24.1. The summed E-state index contributed by atoms with van der Waals surface area (Å²) >= 11 is 0. The van der Waals surface area contributed by atoms with Crippen molar-refractivity contribution in [1.29, 1.82) is 0 Å². The molecule has 0 saturated carbocycles. The first-order chi connectivity index (χ1) is 15.4. The van der Waals surface area contributed by atoms with Gasteiger partial charge in [-0.05, 0) is 54.4 Å². The molecule has 7 heteroatoms. The molecule has 3 aromatic carbocycles. The second kappa shape index (κ2) is 9.03. The van der Waals surface area contributed by atoms with Crippen molar-refractivity contribution in [2.75, 3.05) is 14.2 Å². The van der Waals surface area contributed by atoms with E-state index in [1.165, 1.54) is 6.92 Å². The third kappa shape index (κ3) is 4.17. The molecule has 0 amide bonds. The fraction of sp³-hybridized carbons (Fsp3) is 0.280. The Morgan fingerprint density at radius 1 is 0.844 bits per heavy atom. The van der Waals surface area contributed by atoms with Crippen LogP contribution in [0.25, 0.3) is 0 Å². The monoisotopic (exact) mass is 454 g/mol. The minimum Gasteiger partial charge on any atom is -0.497 e. The average Bonchev–Trinajstić information content (AvgIpc) is 2.84. The van der Waals surface area contributed by atoms with Crippen molar-refractivity contribution in [3.8, 4) is 11.5 Å². The van der Waals surface area contributed by atoms with Crippen LogP contribution in [0.2, 0.25) is 0 Å². The van der Waals surface area contributed by atoms with E-state index in [2.05, 4.69) is 0 Å². The molecule has 0 aliphatic carbocycles. The lowest BCUT2D eigenvalue weighted by Crippen LogP contribution is -2.55. The molecule has 1 heterocycles. The molecule has 4 rings (SSSR count). The van der Waals surface area contributed by atoms with E-state index in [1.807, 2.05) is 66.7 Å². The lowest BCUT2D eigenvalue weighted by Gasteiger charge is -2.45. The van der Waals surface area contributed by atoms with Crippen molar-refractivity contribution < 1.29 is 28.6 Å². The highest BCUT2D eigenvalue weighted by Gasteiger charge is 2.53. The molecule has 0 aromatic heterocycles. The molecule has 0 spiro atoms. The second-order valence-corrected chi connectivity index (χ2v) is 9.44. The topological polar surface area (TPSA) is 74.2 Å². The van der Waals surface area contributed by atoms with E-state index in [9.17, 15) is 9.32 Å². The molecule has 1 unspecified atom stereocenters. The molecule has 1 aliphatic heterocycles. The van der Waals surface area contributed by atoms with E-state index in [1.54, 1.807) is 26.4 Å². The van der Waals surface area contributed by atoms with Gasteiger partial charge in [-0.2, -0.15) is 4.89 Å². The maximum absolute atomic E-state index is 13.5. The summed E-state index contributed by atoms with van der Waals surface area (Å²) in [4.78, 5) is 12.1. The van der Waals surface area contributed by atoms with Crippen molar-refractivity contribution in [1.82, 2.24) is 0 Å². The van der Waals surface area contributed by atoms with Gasteiger partial charge in [0, 0.05) is 11.3 Å². The Labute approximate surface area is 190 Å². The Morgan fingerprint density at radius 2 is 1.34 bits per heavy atom. The van der Waals surface area contributed by atoms with Crippen LogP contribution in [0.3, 0.4) is 0 Å². The van der Waals surface area contributed by atoms with Crippen LogP contribution in [0.4, 0.5) is 0 Å². The average molecular weight is 455 g/mol. The molecular weight excluding hydrogens is 428 g/mol. The van der Waals surface area contributed by atoms with E-state index in [0.29, 0.717) is 16.4 Å². The van der Waals surface area contributed by atoms with Gasteiger partial charge in [0.25, 0.3) is 0 Å². The molecule has 32 heavy (non-hydrogen) atoms. The first kappa shape index (κ1) is 22.5. The quantitative estimate of drug-likeness (QED) is 0.563. The summed E-state index contributed by atoms with van der Waals surface area (Å²) in [6, 6.07) is 23.9. The normalized spacial score (nSPS) is 23.3. The molecule has 3 atom stereocenters. The largest absolute Gasteiger partial charge is 0.497 e. The van der Waals surface area contributed by atoms with Crippen LogP contribution in [0.5, 0.6) is 11.5 Å². The SMILES string of the molecule is COc1ccc(C2(c3ccc(OC)cc3)C[C@H](S(=O)c3ccccc3)[C@](C)(O)OO2)cc1. The van der Waals surface area contributed by atoms with Gasteiger partial charge >= 0.3 is 0 Å². The highest BCUT2D eigenvalue weighted by molar-refractivity contribution is 7.85. The van der Waals surface area contributed by atoms with E-state index in [0.717, 1.165) is 11.1 Å². The van der Waals surface area contributed by atoms with Crippen LogP contribution in [0, 0.1) is 0 Å². The Morgan fingerprint density at radius 3 is 1.81 bits per heavy atom. The van der Waals surface area contributed by atoms with E-state index in [-0.39, 0.29) is 6.42 Å². The number of methoxy groups -OCH3 is 2. The minimum atomic E-state index is -1.75. The summed E-state index contributed by atoms with van der Waals surface area (Å²) in [7, 11) is 1.65. The van der Waals surface area contributed by atoms with Crippen LogP contribution >= 0.6 is 0 Å². The van der Waals surface area contributed by atoms with Crippen molar-refractivity contribution in [3.63, 3.8) is 0 Å². The van der Waals surface area contributed by atoms with Gasteiger partial charge in [-0.15, -0.1) is 0 Å². The Hall–Kier alpha value is -2.71. The fourth-order valence-corrected chi connectivity index (χ4v) is 5.48. The van der Waals surface area contributed by atoms with Gasteiger partial charge in [0.05, 0.1) is 30.3 Å². The van der Waals surface area contributed by atoms with Gasteiger partial charge in [0.1, 0.15) is 11.5 Å². The van der Waals surface area contributed by atoms with Crippen molar-refractivity contribution in [2.24, 2.45) is 0 Å². The lowest BCUT2D eigenvalue weighted by atomic mass is 9.80. The highest BCUT2D eigenvalue weighted by atomic mass is 32.2. The molecular formula is C25H26O6S. The number of hydrogen-bond donors (Lipinski definition) is 1. The summed E-state index contributed by atoms with van der Waals surface area (Å²) in [5, 5.41) is 10.2. The van der Waals surface area contributed by atoms with Crippen LogP contribution < -0.4 is 9.47 Å². The second-order valence-electron chi connectivity index (χ2n) is 7.81. The molecule has 1 saturated heterocycles. The summed E-state index contributed by atoms with van der Waals surface area (Å²) in [5.41, 5.74) is 0.471. The molecule has 1 aliphatic rings. The molecule has 0 bridgehead atoms. The minimum absolute atomic E-state index is 0.222. The molecule has 168 valence electrons. The van der Waals surface area contributed by atoms with E-state index < -0.39 is 27.4 Å². The zero-order valence-electron chi connectivity index (χ0n) is 18.2. The number of rotatable bonds is 6. The maximum atomic E-state index is 13.5. The summed E-state index contributed by atoms with van der Waals surface area (Å²) in [5.74, 6) is -0.345. The summed E-state index contributed by atoms with van der Waals surface area (Å²) in [6.07, 6.45) is 0.222. The lowest BCUT2D eigenvalue weighted by molar-refractivity contribution is -0.475.